The Balaban J connectivity index is 1.91. The van der Waals surface area contributed by atoms with Gasteiger partial charge in [0.15, 0.2) is 0 Å². The first-order valence-electron chi connectivity index (χ1n) is 8.09. The number of ether oxygens (including phenoxy) is 2. The molecule has 0 aromatic heterocycles. The highest BCUT2D eigenvalue weighted by Crippen LogP contribution is 2.30. The van der Waals surface area contributed by atoms with Gasteiger partial charge in [-0.2, -0.15) is 13.2 Å². The molecule has 0 aliphatic carbocycles. The van der Waals surface area contributed by atoms with Crippen LogP contribution in [-0.4, -0.2) is 51.0 Å². The lowest BCUT2D eigenvalue weighted by atomic mass is 10.0. The number of piperidine rings is 1. The van der Waals surface area contributed by atoms with E-state index in [2.05, 4.69) is 5.32 Å². The van der Waals surface area contributed by atoms with Crippen molar-refractivity contribution in [2.24, 2.45) is 0 Å². The Morgan fingerprint density at radius 2 is 1.88 bits per heavy atom. The van der Waals surface area contributed by atoms with E-state index < -0.39 is 12.7 Å². The first-order chi connectivity index (χ1) is 11.3. The van der Waals surface area contributed by atoms with E-state index in [4.69, 9.17) is 9.47 Å². The molecule has 1 aliphatic heterocycles. The molecule has 1 atom stereocenters. The van der Waals surface area contributed by atoms with Crippen LogP contribution in [0.15, 0.2) is 18.2 Å². The number of hydrogen-bond acceptors (Lipinski definition) is 4. The van der Waals surface area contributed by atoms with E-state index >= 15 is 0 Å². The van der Waals surface area contributed by atoms with Crippen molar-refractivity contribution >= 4 is 0 Å². The zero-order chi connectivity index (χ0) is 17.7. The fraction of sp³-hybridized carbons (Fsp3) is 0.647. The Morgan fingerprint density at radius 3 is 2.42 bits per heavy atom. The lowest BCUT2D eigenvalue weighted by Gasteiger charge is -2.34. The molecule has 0 spiro atoms. The monoisotopic (exact) mass is 346 g/mol. The number of halogens is 3. The van der Waals surface area contributed by atoms with Crippen LogP contribution in [-0.2, 0) is 0 Å². The molecule has 0 bridgehead atoms. The zero-order valence-electron chi connectivity index (χ0n) is 14.3. The smallest absolute Gasteiger partial charge is 0.401 e. The molecule has 1 N–H and O–H groups in total. The number of hydrogen-bond donors (Lipinski definition) is 1. The summed E-state index contributed by atoms with van der Waals surface area (Å²) in [7, 11) is 3.21. The van der Waals surface area contributed by atoms with Crippen molar-refractivity contribution in [3.63, 3.8) is 0 Å². The quantitative estimate of drug-likeness (QED) is 0.856. The standard InChI is InChI=1S/C17H25F3N2O2/c1-12(15-5-4-14(23-2)10-16(15)24-3)21-13-6-8-22(9-7-13)11-17(18,19)20/h4-5,10,12-13,21H,6-9,11H2,1-3H3/t12-/m1/s1. The molecule has 0 saturated carbocycles. The average molecular weight is 346 g/mol. The van der Waals surface area contributed by atoms with Gasteiger partial charge in [-0.05, 0) is 38.9 Å². The van der Waals surface area contributed by atoms with Crippen LogP contribution in [0.5, 0.6) is 11.5 Å². The maximum Gasteiger partial charge on any atom is 0.401 e. The fourth-order valence-corrected chi connectivity index (χ4v) is 3.13. The first kappa shape index (κ1) is 18.9. The first-order valence-corrected chi connectivity index (χ1v) is 8.09. The summed E-state index contributed by atoms with van der Waals surface area (Å²) >= 11 is 0. The third-order valence-electron chi connectivity index (χ3n) is 4.38. The molecule has 0 unspecified atom stereocenters. The van der Waals surface area contributed by atoms with Crippen LogP contribution in [0.2, 0.25) is 0 Å². The predicted octanol–water partition coefficient (Wildman–Crippen LogP) is 3.38. The average Bonchev–Trinajstić information content (AvgIpc) is 2.54. The number of benzene rings is 1. The van der Waals surface area contributed by atoms with E-state index in [1.807, 2.05) is 25.1 Å². The Bertz CT molecular complexity index is 529. The highest BCUT2D eigenvalue weighted by Gasteiger charge is 2.32. The fourth-order valence-electron chi connectivity index (χ4n) is 3.13. The van der Waals surface area contributed by atoms with Crippen molar-refractivity contribution in [3.05, 3.63) is 23.8 Å². The molecule has 24 heavy (non-hydrogen) atoms. The van der Waals surface area contributed by atoms with Crippen molar-refractivity contribution in [1.29, 1.82) is 0 Å². The van der Waals surface area contributed by atoms with E-state index in [-0.39, 0.29) is 12.1 Å². The number of likely N-dealkylation sites (tertiary alicyclic amines) is 1. The van der Waals surface area contributed by atoms with Crippen molar-refractivity contribution < 1.29 is 22.6 Å². The van der Waals surface area contributed by atoms with Gasteiger partial charge in [-0.3, -0.25) is 4.90 Å². The van der Waals surface area contributed by atoms with Gasteiger partial charge in [-0.15, -0.1) is 0 Å². The van der Waals surface area contributed by atoms with Gasteiger partial charge < -0.3 is 14.8 Å². The molecule has 2 rings (SSSR count). The normalized spacial score (nSPS) is 18.4. The minimum Gasteiger partial charge on any atom is -0.497 e. The van der Waals surface area contributed by atoms with Gasteiger partial charge >= 0.3 is 6.18 Å². The number of methoxy groups -OCH3 is 2. The van der Waals surface area contributed by atoms with E-state index in [0.717, 1.165) is 17.1 Å². The number of rotatable bonds is 6. The van der Waals surface area contributed by atoms with Gasteiger partial charge in [-0.25, -0.2) is 0 Å². The largest absolute Gasteiger partial charge is 0.497 e. The highest BCUT2D eigenvalue weighted by molar-refractivity contribution is 5.42. The lowest BCUT2D eigenvalue weighted by Crippen LogP contribution is -2.46. The molecular weight excluding hydrogens is 321 g/mol. The summed E-state index contributed by atoms with van der Waals surface area (Å²) in [6.45, 7) is 2.14. The third kappa shape index (κ3) is 5.27. The number of nitrogens with zero attached hydrogens (tertiary/aromatic N) is 1. The Kier molecular flexibility index (Phi) is 6.34. The number of alkyl halides is 3. The topological polar surface area (TPSA) is 33.7 Å². The van der Waals surface area contributed by atoms with Gasteiger partial charge in [0.1, 0.15) is 11.5 Å². The second-order valence-corrected chi connectivity index (χ2v) is 6.16. The van der Waals surface area contributed by atoms with Crippen LogP contribution < -0.4 is 14.8 Å². The summed E-state index contributed by atoms with van der Waals surface area (Å²) in [5.41, 5.74) is 1.01. The van der Waals surface area contributed by atoms with Crippen molar-refractivity contribution in [3.8, 4) is 11.5 Å². The van der Waals surface area contributed by atoms with Gasteiger partial charge in [0.2, 0.25) is 0 Å². The predicted molar refractivity (Wildman–Crippen MR) is 86.6 cm³/mol. The van der Waals surface area contributed by atoms with Crippen LogP contribution >= 0.6 is 0 Å². The van der Waals surface area contributed by atoms with E-state index in [9.17, 15) is 13.2 Å². The molecule has 1 saturated heterocycles. The summed E-state index contributed by atoms with van der Waals surface area (Å²) in [6.07, 6.45) is -2.71. The molecule has 136 valence electrons. The van der Waals surface area contributed by atoms with Gasteiger partial charge in [0.25, 0.3) is 0 Å². The van der Waals surface area contributed by atoms with Gasteiger partial charge in [0.05, 0.1) is 20.8 Å². The van der Waals surface area contributed by atoms with E-state index in [1.165, 1.54) is 4.90 Å². The molecular formula is C17H25F3N2O2. The van der Waals surface area contributed by atoms with Crippen molar-refractivity contribution in [2.75, 3.05) is 33.9 Å². The molecule has 1 aromatic rings. The molecule has 1 aliphatic rings. The molecule has 0 radical (unpaired) electrons. The van der Waals surface area contributed by atoms with Crippen molar-refractivity contribution in [1.82, 2.24) is 10.2 Å². The van der Waals surface area contributed by atoms with Gasteiger partial charge in [0, 0.05) is 23.7 Å². The lowest BCUT2D eigenvalue weighted by molar-refractivity contribution is -0.148. The summed E-state index contributed by atoms with van der Waals surface area (Å²) in [6, 6.07) is 5.91. The zero-order valence-corrected chi connectivity index (χ0v) is 14.3. The minimum absolute atomic E-state index is 0.0463. The third-order valence-corrected chi connectivity index (χ3v) is 4.38. The molecule has 1 heterocycles. The summed E-state index contributed by atoms with van der Waals surface area (Å²) < 4.78 is 47.9. The molecule has 1 fully saturated rings. The SMILES string of the molecule is COc1ccc([C@@H](C)NC2CCN(CC(F)(F)F)CC2)c(OC)c1. The van der Waals surface area contributed by atoms with Gasteiger partial charge in [-0.1, -0.05) is 6.07 Å². The molecule has 1 aromatic carbocycles. The molecule has 7 heteroatoms. The Labute approximate surface area is 140 Å². The van der Waals surface area contributed by atoms with Crippen LogP contribution in [0.25, 0.3) is 0 Å². The summed E-state index contributed by atoms with van der Waals surface area (Å²) in [5, 5.41) is 3.50. The number of nitrogens with one attached hydrogen (secondary N) is 1. The maximum atomic E-state index is 12.4. The second-order valence-electron chi connectivity index (χ2n) is 6.16. The van der Waals surface area contributed by atoms with E-state index in [1.54, 1.807) is 14.2 Å². The minimum atomic E-state index is -4.12. The van der Waals surface area contributed by atoms with Crippen LogP contribution in [0.4, 0.5) is 13.2 Å². The van der Waals surface area contributed by atoms with Crippen LogP contribution in [0, 0.1) is 0 Å². The maximum absolute atomic E-state index is 12.4. The van der Waals surface area contributed by atoms with E-state index in [0.29, 0.717) is 25.9 Å². The summed E-state index contributed by atoms with van der Waals surface area (Å²) in [4.78, 5) is 1.47. The molecule has 4 nitrogen and oxygen atoms in total. The Hall–Kier alpha value is -1.47. The van der Waals surface area contributed by atoms with Crippen molar-refractivity contribution in [2.45, 2.75) is 38.0 Å². The highest BCUT2D eigenvalue weighted by atomic mass is 19.4. The Morgan fingerprint density at radius 1 is 1.21 bits per heavy atom. The second kappa shape index (κ2) is 8.07. The van der Waals surface area contributed by atoms with Crippen LogP contribution in [0.1, 0.15) is 31.4 Å². The van der Waals surface area contributed by atoms with Crippen LogP contribution in [0.3, 0.4) is 0 Å². The molecule has 0 amide bonds. The summed E-state index contributed by atoms with van der Waals surface area (Å²) in [5.74, 6) is 1.46.